The van der Waals surface area contributed by atoms with Gasteiger partial charge in [0.15, 0.2) is 0 Å². The number of allylic oxidation sites excluding steroid dienone is 2. The minimum Gasteiger partial charge on any atom is -0.361 e. The number of para-hydroxylation sites is 1. The van der Waals surface area contributed by atoms with Crippen LogP contribution in [0.5, 0.6) is 0 Å². The second-order valence-corrected chi connectivity index (χ2v) is 5.86. The zero-order valence-corrected chi connectivity index (χ0v) is 11.7. The molecule has 1 N–H and O–H groups in total. The fourth-order valence-corrected chi connectivity index (χ4v) is 3.22. The summed E-state index contributed by atoms with van der Waals surface area (Å²) in [6.45, 7) is 2.30. The zero-order chi connectivity index (χ0) is 13.1. The van der Waals surface area contributed by atoms with E-state index in [4.69, 9.17) is 0 Å². The lowest BCUT2D eigenvalue weighted by atomic mass is 9.88. The molecule has 1 nitrogen and oxygen atoms in total. The molecule has 2 aromatic rings. The van der Waals surface area contributed by atoms with Crippen LogP contribution in [0.15, 0.2) is 42.6 Å². The average molecular weight is 253 g/mol. The molecule has 0 spiro atoms. The largest absolute Gasteiger partial charge is 0.361 e. The number of hydrogen-bond acceptors (Lipinski definition) is 0. The lowest BCUT2D eigenvalue weighted by Gasteiger charge is -2.18. The highest BCUT2D eigenvalue weighted by atomic mass is 14.7. The molecule has 1 aliphatic carbocycles. The van der Waals surface area contributed by atoms with Gasteiger partial charge in [-0.1, -0.05) is 56.5 Å². The van der Waals surface area contributed by atoms with Gasteiger partial charge in [-0.05, 0) is 30.4 Å². The van der Waals surface area contributed by atoms with Crippen LogP contribution in [-0.4, -0.2) is 4.98 Å². The van der Waals surface area contributed by atoms with E-state index in [1.54, 1.807) is 0 Å². The summed E-state index contributed by atoms with van der Waals surface area (Å²) in [6.07, 6.45) is 14.1. The predicted octanol–water partition coefficient (Wildman–Crippen LogP) is 5.41. The van der Waals surface area contributed by atoms with Gasteiger partial charge in [0.25, 0.3) is 0 Å². The molecule has 1 fully saturated rings. The summed E-state index contributed by atoms with van der Waals surface area (Å²) in [7, 11) is 0. The van der Waals surface area contributed by atoms with Crippen molar-refractivity contribution in [3.05, 3.63) is 48.2 Å². The highest BCUT2D eigenvalue weighted by Crippen LogP contribution is 2.29. The van der Waals surface area contributed by atoms with Crippen molar-refractivity contribution in [1.29, 1.82) is 0 Å². The van der Waals surface area contributed by atoms with Crippen molar-refractivity contribution in [3.8, 4) is 0 Å². The van der Waals surface area contributed by atoms with Crippen molar-refractivity contribution in [2.24, 2.45) is 5.92 Å². The quantitative estimate of drug-likeness (QED) is 0.704. The highest BCUT2D eigenvalue weighted by molar-refractivity contribution is 5.83. The second kappa shape index (κ2) is 5.64. The van der Waals surface area contributed by atoms with Crippen LogP contribution in [0.2, 0.25) is 0 Å². The molecule has 1 heteroatoms. The van der Waals surface area contributed by atoms with Gasteiger partial charge >= 0.3 is 0 Å². The van der Waals surface area contributed by atoms with Crippen molar-refractivity contribution in [2.75, 3.05) is 0 Å². The Morgan fingerprint density at radius 3 is 2.79 bits per heavy atom. The number of benzene rings is 1. The first-order chi connectivity index (χ1) is 9.34. The number of hydrogen-bond donors (Lipinski definition) is 1. The van der Waals surface area contributed by atoms with E-state index in [1.807, 2.05) is 0 Å². The van der Waals surface area contributed by atoms with Gasteiger partial charge in [0.2, 0.25) is 0 Å². The van der Waals surface area contributed by atoms with Crippen LogP contribution in [0.25, 0.3) is 10.9 Å². The van der Waals surface area contributed by atoms with Crippen LogP contribution >= 0.6 is 0 Å². The Labute approximate surface area is 115 Å². The molecular formula is C18H23N. The molecule has 0 saturated heterocycles. The number of rotatable bonds is 3. The minimum absolute atomic E-state index is 0.498. The van der Waals surface area contributed by atoms with E-state index in [9.17, 15) is 0 Å². The molecule has 3 rings (SSSR count). The smallest absolute Gasteiger partial charge is 0.0457 e. The third kappa shape index (κ3) is 2.75. The predicted molar refractivity (Wildman–Crippen MR) is 82.4 cm³/mol. The van der Waals surface area contributed by atoms with E-state index >= 15 is 0 Å². The number of H-pyrrole nitrogens is 1. The van der Waals surface area contributed by atoms with Gasteiger partial charge in [0.05, 0.1) is 0 Å². The molecule has 0 radical (unpaired) electrons. The summed E-state index contributed by atoms with van der Waals surface area (Å²) >= 11 is 0. The SMILES string of the molecule is CC(/C=C/C1CCCCC1)c1c[nH]c2ccccc12. The molecule has 1 atom stereocenters. The Morgan fingerprint density at radius 2 is 1.95 bits per heavy atom. The van der Waals surface area contributed by atoms with Gasteiger partial charge in [-0.3, -0.25) is 0 Å². The summed E-state index contributed by atoms with van der Waals surface area (Å²) < 4.78 is 0. The average Bonchev–Trinajstić information content (AvgIpc) is 2.90. The lowest BCUT2D eigenvalue weighted by Crippen LogP contribution is -2.03. The first-order valence-electron chi connectivity index (χ1n) is 7.59. The van der Waals surface area contributed by atoms with Crippen molar-refractivity contribution in [3.63, 3.8) is 0 Å². The van der Waals surface area contributed by atoms with E-state index in [1.165, 1.54) is 48.6 Å². The molecular weight excluding hydrogens is 230 g/mol. The lowest BCUT2D eigenvalue weighted by molar-refractivity contribution is 0.418. The van der Waals surface area contributed by atoms with Gasteiger partial charge in [-0.25, -0.2) is 0 Å². The van der Waals surface area contributed by atoms with Crippen molar-refractivity contribution >= 4 is 10.9 Å². The number of aromatic amines is 1. The molecule has 1 unspecified atom stereocenters. The summed E-state index contributed by atoms with van der Waals surface area (Å²) in [5.74, 6) is 1.32. The fourth-order valence-electron chi connectivity index (χ4n) is 3.22. The molecule has 1 heterocycles. The van der Waals surface area contributed by atoms with Crippen molar-refractivity contribution in [2.45, 2.75) is 44.9 Å². The molecule has 19 heavy (non-hydrogen) atoms. The first kappa shape index (κ1) is 12.5. The Balaban J connectivity index is 1.76. The second-order valence-electron chi connectivity index (χ2n) is 5.86. The molecule has 0 aliphatic heterocycles. The molecule has 0 amide bonds. The van der Waals surface area contributed by atoms with Gasteiger partial charge in [-0.2, -0.15) is 0 Å². The molecule has 0 bridgehead atoms. The minimum atomic E-state index is 0.498. The zero-order valence-electron chi connectivity index (χ0n) is 11.7. The third-order valence-electron chi connectivity index (χ3n) is 4.43. The third-order valence-corrected chi connectivity index (χ3v) is 4.43. The highest BCUT2D eigenvalue weighted by Gasteiger charge is 2.12. The van der Waals surface area contributed by atoms with E-state index < -0.39 is 0 Å². The number of aromatic nitrogens is 1. The number of fused-ring (bicyclic) bond motifs is 1. The summed E-state index contributed by atoms with van der Waals surface area (Å²) in [5.41, 5.74) is 2.66. The van der Waals surface area contributed by atoms with Crippen molar-refractivity contribution < 1.29 is 0 Å². The fraction of sp³-hybridized carbons (Fsp3) is 0.444. The molecule has 1 aromatic carbocycles. The number of nitrogens with one attached hydrogen (secondary N) is 1. The van der Waals surface area contributed by atoms with Crippen LogP contribution in [0.3, 0.4) is 0 Å². The van der Waals surface area contributed by atoms with Crippen LogP contribution in [0, 0.1) is 5.92 Å². The van der Waals surface area contributed by atoms with E-state index in [2.05, 4.69) is 54.5 Å². The topological polar surface area (TPSA) is 15.8 Å². The normalized spacial score (nSPS) is 19.2. The first-order valence-corrected chi connectivity index (χ1v) is 7.59. The van der Waals surface area contributed by atoms with E-state index in [0.29, 0.717) is 5.92 Å². The Hall–Kier alpha value is -1.50. The Kier molecular flexibility index (Phi) is 3.72. The van der Waals surface area contributed by atoms with Crippen LogP contribution in [0.4, 0.5) is 0 Å². The van der Waals surface area contributed by atoms with Crippen molar-refractivity contribution in [1.82, 2.24) is 4.98 Å². The van der Waals surface area contributed by atoms with Crippen LogP contribution < -0.4 is 0 Å². The standard InChI is InChI=1S/C18H23N/c1-14(11-12-15-7-3-2-4-8-15)17-13-19-18-10-6-5-9-16(17)18/h5-6,9-15,19H,2-4,7-8H2,1H3/b12-11+. The molecule has 100 valence electrons. The Bertz CT molecular complexity index is 558. The maximum absolute atomic E-state index is 3.37. The summed E-state index contributed by atoms with van der Waals surface area (Å²) in [6, 6.07) is 8.57. The molecule has 1 aliphatic rings. The van der Waals surface area contributed by atoms with Crippen LogP contribution in [0.1, 0.15) is 50.5 Å². The Morgan fingerprint density at radius 1 is 1.16 bits per heavy atom. The molecule has 1 saturated carbocycles. The monoisotopic (exact) mass is 253 g/mol. The molecule has 1 aromatic heterocycles. The van der Waals surface area contributed by atoms with E-state index in [0.717, 1.165) is 5.92 Å². The van der Waals surface area contributed by atoms with E-state index in [-0.39, 0.29) is 0 Å². The van der Waals surface area contributed by atoms with Gasteiger partial charge in [0, 0.05) is 23.0 Å². The summed E-state index contributed by atoms with van der Waals surface area (Å²) in [5, 5.41) is 1.36. The van der Waals surface area contributed by atoms with Gasteiger partial charge in [0.1, 0.15) is 0 Å². The maximum Gasteiger partial charge on any atom is 0.0457 e. The van der Waals surface area contributed by atoms with Crippen LogP contribution in [-0.2, 0) is 0 Å². The van der Waals surface area contributed by atoms with Gasteiger partial charge < -0.3 is 4.98 Å². The summed E-state index contributed by atoms with van der Waals surface area (Å²) in [4.78, 5) is 3.37. The van der Waals surface area contributed by atoms with Gasteiger partial charge in [-0.15, -0.1) is 0 Å². The maximum atomic E-state index is 3.37.